The van der Waals surface area contributed by atoms with Crippen molar-refractivity contribution in [3.8, 4) is 11.5 Å². The van der Waals surface area contributed by atoms with Crippen LogP contribution in [-0.2, 0) is 16.4 Å². The number of benzene rings is 2. The molecule has 0 spiro atoms. The Morgan fingerprint density at radius 2 is 1.71 bits per heavy atom. The molecule has 0 aliphatic heterocycles. The summed E-state index contributed by atoms with van der Waals surface area (Å²) >= 11 is 6.25. The third-order valence-corrected chi connectivity index (χ3v) is 5.73. The first-order valence-electron chi connectivity index (χ1n) is 8.22. The number of halogens is 1. The van der Waals surface area contributed by atoms with Gasteiger partial charge in [0.2, 0.25) is 0 Å². The molecule has 0 fully saturated rings. The number of nitrogens with zero attached hydrogens (tertiary/aromatic N) is 2. The molecule has 1 heterocycles. The van der Waals surface area contributed by atoms with Crippen molar-refractivity contribution in [3.05, 3.63) is 71.1 Å². The molecule has 7 nitrogen and oxygen atoms in total. The Morgan fingerprint density at radius 1 is 1.00 bits per heavy atom. The van der Waals surface area contributed by atoms with Crippen LogP contribution in [-0.4, -0.2) is 32.6 Å². The molecule has 0 atom stereocenters. The lowest BCUT2D eigenvalue weighted by atomic mass is 10.1. The van der Waals surface area contributed by atoms with Crippen LogP contribution < -0.4 is 14.2 Å². The highest BCUT2D eigenvalue weighted by Crippen LogP contribution is 2.29. The number of methoxy groups -OCH3 is 2. The Morgan fingerprint density at radius 3 is 2.39 bits per heavy atom. The van der Waals surface area contributed by atoms with Gasteiger partial charge in [-0.1, -0.05) is 29.8 Å². The Balaban J connectivity index is 1.95. The molecule has 0 aliphatic rings. The van der Waals surface area contributed by atoms with Gasteiger partial charge in [-0.2, -0.15) is 0 Å². The lowest BCUT2D eigenvalue weighted by molar-refractivity contribution is 0.410. The Hall–Kier alpha value is -2.84. The van der Waals surface area contributed by atoms with E-state index in [1.807, 2.05) is 24.3 Å². The van der Waals surface area contributed by atoms with E-state index in [1.165, 1.54) is 25.6 Å². The summed E-state index contributed by atoms with van der Waals surface area (Å²) in [5.41, 5.74) is 1.28. The van der Waals surface area contributed by atoms with Gasteiger partial charge in [0.1, 0.15) is 28.8 Å². The highest BCUT2D eigenvalue weighted by Gasteiger charge is 2.20. The fourth-order valence-electron chi connectivity index (χ4n) is 2.62. The number of anilines is 1. The van der Waals surface area contributed by atoms with Crippen LogP contribution in [0.1, 0.15) is 11.1 Å². The van der Waals surface area contributed by atoms with Crippen LogP contribution >= 0.6 is 11.6 Å². The minimum Gasteiger partial charge on any atom is -0.497 e. The van der Waals surface area contributed by atoms with Gasteiger partial charge in [0.05, 0.1) is 19.1 Å². The average Bonchev–Trinajstić information content (AvgIpc) is 2.70. The van der Waals surface area contributed by atoms with Gasteiger partial charge in [-0.3, -0.25) is 4.72 Å². The molecule has 0 saturated carbocycles. The van der Waals surface area contributed by atoms with Crippen LogP contribution in [0.25, 0.3) is 0 Å². The van der Waals surface area contributed by atoms with Crippen molar-refractivity contribution in [2.45, 2.75) is 11.3 Å². The molecule has 146 valence electrons. The summed E-state index contributed by atoms with van der Waals surface area (Å²) in [4.78, 5) is 8.14. The molecule has 3 rings (SSSR count). The maximum Gasteiger partial charge on any atom is 0.263 e. The van der Waals surface area contributed by atoms with E-state index in [0.29, 0.717) is 23.5 Å². The second-order valence-corrected chi connectivity index (χ2v) is 7.80. The minimum atomic E-state index is -3.87. The molecule has 0 saturated heterocycles. The molecule has 1 N–H and O–H groups in total. The molecule has 1 aromatic heterocycles. The van der Waals surface area contributed by atoms with Crippen LogP contribution in [0.2, 0.25) is 5.15 Å². The number of para-hydroxylation sites is 1. The first-order chi connectivity index (χ1) is 13.4. The summed E-state index contributed by atoms with van der Waals surface area (Å²) in [5, 5.41) is 0.160. The van der Waals surface area contributed by atoms with E-state index < -0.39 is 10.0 Å². The van der Waals surface area contributed by atoms with Crippen LogP contribution in [0.15, 0.2) is 59.8 Å². The number of aromatic nitrogens is 2. The molecule has 3 aromatic rings. The number of rotatable bonds is 7. The molecule has 0 unspecified atom stereocenters. The zero-order valence-corrected chi connectivity index (χ0v) is 16.8. The largest absolute Gasteiger partial charge is 0.497 e. The zero-order valence-electron chi connectivity index (χ0n) is 15.2. The van der Waals surface area contributed by atoms with Crippen molar-refractivity contribution in [1.82, 2.24) is 9.97 Å². The van der Waals surface area contributed by atoms with Crippen molar-refractivity contribution in [2.75, 3.05) is 18.9 Å². The van der Waals surface area contributed by atoms with Crippen molar-refractivity contribution in [3.63, 3.8) is 0 Å². The van der Waals surface area contributed by atoms with Crippen LogP contribution in [0.5, 0.6) is 11.5 Å². The maximum absolute atomic E-state index is 12.8. The first kappa shape index (κ1) is 19.9. The lowest BCUT2D eigenvalue weighted by Gasteiger charge is -2.14. The molecule has 2 aromatic carbocycles. The lowest BCUT2D eigenvalue weighted by Crippen LogP contribution is -2.16. The summed E-state index contributed by atoms with van der Waals surface area (Å²) in [6, 6.07) is 13.4. The van der Waals surface area contributed by atoms with E-state index in [0.717, 1.165) is 5.56 Å². The standard InChI is InChI=1S/C19H18ClN3O4S/c1-26-14-7-9-15(10-8-14)28(24,25)23-19-16(18(20)21-12-22-19)11-13-5-3-4-6-17(13)27-2/h3-10,12H,11H2,1-2H3,(H,21,22,23). The van der Waals surface area contributed by atoms with E-state index in [-0.39, 0.29) is 15.9 Å². The zero-order chi connectivity index (χ0) is 20.1. The third-order valence-electron chi connectivity index (χ3n) is 4.05. The second-order valence-electron chi connectivity index (χ2n) is 5.76. The van der Waals surface area contributed by atoms with Gasteiger partial charge < -0.3 is 9.47 Å². The van der Waals surface area contributed by atoms with E-state index >= 15 is 0 Å². The van der Waals surface area contributed by atoms with Crippen LogP contribution in [0, 0.1) is 0 Å². The van der Waals surface area contributed by atoms with E-state index in [9.17, 15) is 8.42 Å². The average molecular weight is 420 g/mol. The van der Waals surface area contributed by atoms with Crippen LogP contribution in [0.3, 0.4) is 0 Å². The van der Waals surface area contributed by atoms with Crippen molar-refractivity contribution >= 4 is 27.4 Å². The minimum absolute atomic E-state index is 0.0753. The van der Waals surface area contributed by atoms with Gasteiger partial charge in [-0.05, 0) is 35.9 Å². The van der Waals surface area contributed by atoms with Crippen LogP contribution in [0.4, 0.5) is 5.82 Å². The first-order valence-corrected chi connectivity index (χ1v) is 10.1. The summed E-state index contributed by atoms with van der Waals surface area (Å²) < 4.78 is 38.4. The maximum atomic E-state index is 12.8. The number of nitrogens with one attached hydrogen (secondary N) is 1. The number of hydrogen-bond donors (Lipinski definition) is 1. The predicted octanol–water partition coefficient (Wildman–Crippen LogP) is 3.54. The summed E-state index contributed by atoms with van der Waals surface area (Å²) in [5.74, 6) is 1.33. The molecule has 9 heteroatoms. The number of sulfonamides is 1. The van der Waals surface area contributed by atoms with Gasteiger partial charge in [-0.15, -0.1) is 0 Å². The molecular formula is C19H18ClN3O4S. The summed E-state index contributed by atoms with van der Waals surface area (Å²) in [6.07, 6.45) is 1.50. The third kappa shape index (κ3) is 4.35. The van der Waals surface area contributed by atoms with E-state index in [1.54, 1.807) is 19.2 Å². The highest BCUT2D eigenvalue weighted by molar-refractivity contribution is 7.92. The Labute approximate surface area is 168 Å². The monoisotopic (exact) mass is 419 g/mol. The molecule has 0 amide bonds. The summed E-state index contributed by atoms with van der Waals surface area (Å²) in [7, 11) is -0.798. The molecule has 0 aliphatic carbocycles. The fraction of sp³-hybridized carbons (Fsp3) is 0.158. The normalized spacial score (nSPS) is 11.1. The Bertz CT molecular complexity index is 1070. The van der Waals surface area contributed by atoms with Crippen molar-refractivity contribution in [1.29, 1.82) is 0 Å². The van der Waals surface area contributed by atoms with E-state index in [4.69, 9.17) is 21.1 Å². The molecule has 0 radical (unpaired) electrons. The van der Waals surface area contributed by atoms with Gasteiger partial charge in [0.15, 0.2) is 0 Å². The smallest absolute Gasteiger partial charge is 0.263 e. The number of hydrogen-bond acceptors (Lipinski definition) is 6. The molecular weight excluding hydrogens is 402 g/mol. The van der Waals surface area contributed by atoms with E-state index in [2.05, 4.69) is 14.7 Å². The fourth-order valence-corrected chi connectivity index (χ4v) is 3.86. The topological polar surface area (TPSA) is 90.4 Å². The van der Waals surface area contributed by atoms with Gasteiger partial charge in [-0.25, -0.2) is 18.4 Å². The van der Waals surface area contributed by atoms with Gasteiger partial charge >= 0.3 is 0 Å². The van der Waals surface area contributed by atoms with Gasteiger partial charge in [0.25, 0.3) is 10.0 Å². The molecule has 0 bridgehead atoms. The van der Waals surface area contributed by atoms with Gasteiger partial charge in [0, 0.05) is 12.0 Å². The number of ether oxygens (including phenoxy) is 2. The quantitative estimate of drug-likeness (QED) is 0.589. The molecule has 28 heavy (non-hydrogen) atoms. The van der Waals surface area contributed by atoms with Crippen molar-refractivity contribution < 1.29 is 17.9 Å². The summed E-state index contributed by atoms with van der Waals surface area (Å²) in [6.45, 7) is 0. The van der Waals surface area contributed by atoms with Crippen molar-refractivity contribution in [2.24, 2.45) is 0 Å². The predicted molar refractivity (Wildman–Crippen MR) is 107 cm³/mol. The SMILES string of the molecule is COc1ccc(S(=O)(=O)Nc2ncnc(Cl)c2Cc2ccccc2OC)cc1. The Kier molecular flexibility index (Phi) is 6.01. The highest BCUT2D eigenvalue weighted by atomic mass is 35.5. The second kappa shape index (κ2) is 8.45.